The summed E-state index contributed by atoms with van der Waals surface area (Å²) in [5, 5.41) is 8.40. The second-order valence-electron chi connectivity index (χ2n) is 8.22. The number of hydrogen-bond acceptors (Lipinski definition) is 4. The smallest absolute Gasteiger partial charge is 0.374 e. The predicted molar refractivity (Wildman–Crippen MR) is 121 cm³/mol. The van der Waals surface area contributed by atoms with Crippen LogP contribution in [0.2, 0.25) is 0 Å². The van der Waals surface area contributed by atoms with E-state index in [4.69, 9.17) is 9.84 Å². The topological polar surface area (TPSA) is 79.7 Å². The Morgan fingerprint density at radius 3 is 2.37 bits per heavy atom. The van der Waals surface area contributed by atoms with Crippen molar-refractivity contribution in [1.29, 1.82) is 0 Å². The summed E-state index contributed by atoms with van der Waals surface area (Å²) in [6.45, 7) is 1.97. The number of para-hydroxylation sites is 1. The normalized spacial score (nSPS) is 17.3. The van der Waals surface area contributed by atoms with Crippen LogP contribution in [0, 0.1) is 6.92 Å². The monoisotopic (exact) mass is 492 g/mol. The van der Waals surface area contributed by atoms with Gasteiger partial charge in [0.05, 0.1) is 12.1 Å². The number of aliphatic carboxylic acids is 1. The lowest BCUT2D eigenvalue weighted by Gasteiger charge is -2.38. The van der Waals surface area contributed by atoms with E-state index in [0.29, 0.717) is 18.0 Å². The van der Waals surface area contributed by atoms with Crippen molar-refractivity contribution in [1.82, 2.24) is 9.88 Å². The molecule has 186 valence electrons. The Kier molecular flexibility index (Phi) is 7.62. The Morgan fingerprint density at radius 1 is 1.09 bits per heavy atom. The van der Waals surface area contributed by atoms with Crippen molar-refractivity contribution in [3.8, 4) is 5.88 Å². The van der Waals surface area contributed by atoms with Crippen molar-refractivity contribution >= 4 is 22.8 Å². The lowest BCUT2D eigenvalue weighted by molar-refractivity contribution is -0.161. The third-order valence-corrected chi connectivity index (χ3v) is 5.45. The van der Waals surface area contributed by atoms with Crippen molar-refractivity contribution in [3.05, 3.63) is 71.8 Å². The summed E-state index contributed by atoms with van der Waals surface area (Å²) in [6, 6.07) is 17.9. The molecule has 1 unspecified atom stereocenters. The van der Waals surface area contributed by atoms with E-state index in [2.05, 4.69) is 4.98 Å². The van der Waals surface area contributed by atoms with Crippen LogP contribution >= 0.6 is 0 Å². The van der Waals surface area contributed by atoms with Gasteiger partial charge in [-0.25, -0.2) is 18.6 Å². The van der Waals surface area contributed by atoms with Gasteiger partial charge in [0.25, 0.3) is 11.8 Å². The molecule has 2 heterocycles. The Morgan fingerprint density at radius 2 is 1.71 bits per heavy atom. The SMILES string of the molecule is CC(F)(F)C(=O)O.Cc1ccccc1C(=O)N1CCC(F)(F)C(Oc2ccc3ccccc3n2)C1. The van der Waals surface area contributed by atoms with Gasteiger partial charge in [0.1, 0.15) is 0 Å². The van der Waals surface area contributed by atoms with Gasteiger partial charge in [0, 0.05) is 36.9 Å². The van der Waals surface area contributed by atoms with E-state index in [9.17, 15) is 27.2 Å². The number of rotatable bonds is 4. The Hall–Kier alpha value is -3.69. The highest BCUT2D eigenvalue weighted by Gasteiger charge is 2.47. The molecule has 1 amide bonds. The highest BCUT2D eigenvalue weighted by molar-refractivity contribution is 5.95. The fraction of sp³-hybridized carbons (Fsp3) is 0.320. The van der Waals surface area contributed by atoms with Gasteiger partial charge in [0.2, 0.25) is 5.88 Å². The number of aromatic nitrogens is 1. The van der Waals surface area contributed by atoms with E-state index in [1.807, 2.05) is 37.3 Å². The molecule has 35 heavy (non-hydrogen) atoms. The van der Waals surface area contributed by atoms with E-state index in [0.717, 1.165) is 10.9 Å². The quantitative estimate of drug-likeness (QED) is 0.507. The average molecular weight is 492 g/mol. The molecule has 2 aromatic carbocycles. The van der Waals surface area contributed by atoms with Gasteiger partial charge in [0.15, 0.2) is 6.10 Å². The number of benzene rings is 2. The van der Waals surface area contributed by atoms with Crippen LogP contribution in [0.4, 0.5) is 17.6 Å². The van der Waals surface area contributed by atoms with Crippen molar-refractivity contribution in [2.75, 3.05) is 13.1 Å². The molecule has 1 saturated heterocycles. The second-order valence-corrected chi connectivity index (χ2v) is 8.22. The first-order valence-electron chi connectivity index (χ1n) is 10.7. The number of carbonyl (C=O) groups excluding carboxylic acids is 1. The molecule has 1 aromatic heterocycles. The third-order valence-electron chi connectivity index (χ3n) is 5.45. The molecule has 0 bridgehead atoms. The number of likely N-dealkylation sites (tertiary alicyclic amines) is 1. The zero-order chi connectivity index (χ0) is 25.8. The molecule has 0 spiro atoms. The number of ether oxygens (including phenoxy) is 1. The standard InChI is InChI=1S/C22H20F2N2O2.C3H4F2O2/c1-15-6-2-4-8-17(15)21(27)26-13-12-22(23,24)19(14-26)28-20-11-10-16-7-3-5-9-18(16)25-20;1-3(4,5)2(6)7/h2-11,19H,12-14H2,1H3;1H3,(H,6,7). The van der Waals surface area contributed by atoms with Crippen LogP contribution in [0.5, 0.6) is 5.88 Å². The molecule has 6 nitrogen and oxygen atoms in total. The fourth-order valence-electron chi connectivity index (χ4n) is 3.42. The summed E-state index contributed by atoms with van der Waals surface area (Å²) in [6.07, 6.45) is -1.88. The van der Waals surface area contributed by atoms with Crippen molar-refractivity contribution in [2.45, 2.75) is 38.2 Å². The van der Waals surface area contributed by atoms with Crippen LogP contribution in [-0.2, 0) is 4.79 Å². The maximum absolute atomic E-state index is 14.5. The minimum Gasteiger partial charge on any atom is -0.477 e. The number of halogens is 4. The number of aryl methyl sites for hydroxylation is 1. The molecule has 10 heteroatoms. The van der Waals surface area contributed by atoms with Crippen molar-refractivity contribution < 1.29 is 37.0 Å². The summed E-state index contributed by atoms with van der Waals surface area (Å²) >= 11 is 0. The van der Waals surface area contributed by atoms with Crippen LogP contribution in [0.3, 0.4) is 0 Å². The molecule has 0 radical (unpaired) electrons. The number of hydrogen-bond donors (Lipinski definition) is 1. The molecular formula is C25H24F4N2O4. The average Bonchev–Trinajstić information content (AvgIpc) is 2.80. The summed E-state index contributed by atoms with van der Waals surface area (Å²) in [4.78, 5) is 27.8. The largest absolute Gasteiger partial charge is 0.477 e. The molecule has 0 saturated carbocycles. The molecule has 1 fully saturated rings. The number of nitrogens with zero attached hydrogens (tertiary/aromatic N) is 2. The Labute approximate surface area is 199 Å². The predicted octanol–water partition coefficient (Wildman–Crippen LogP) is 5.20. The first-order chi connectivity index (χ1) is 16.4. The summed E-state index contributed by atoms with van der Waals surface area (Å²) in [7, 11) is 0. The van der Waals surface area contributed by atoms with E-state index < -0.39 is 30.3 Å². The van der Waals surface area contributed by atoms with E-state index in [1.165, 1.54) is 4.90 Å². The first kappa shape index (κ1) is 25.9. The molecular weight excluding hydrogens is 468 g/mol. The van der Waals surface area contributed by atoms with Gasteiger partial charge in [-0.05, 0) is 30.7 Å². The number of pyridine rings is 1. The summed E-state index contributed by atoms with van der Waals surface area (Å²) < 4.78 is 57.1. The zero-order valence-corrected chi connectivity index (χ0v) is 19.1. The molecule has 1 atom stereocenters. The summed E-state index contributed by atoms with van der Waals surface area (Å²) in [5.74, 6) is -8.83. The zero-order valence-electron chi connectivity index (χ0n) is 19.1. The van der Waals surface area contributed by atoms with Crippen LogP contribution < -0.4 is 4.74 Å². The first-order valence-corrected chi connectivity index (χ1v) is 10.7. The van der Waals surface area contributed by atoms with Crippen LogP contribution in [0.25, 0.3) is 10.9 Å². The van der Waals surface area contributed by atoms with Gasteiger partial charge in [-0.2, -0.15) is 8.78 Å². The highest BCUT2D eigenvalue weighted by Crippen LogP contribution is 2.32. The Bertz CT molecular complexity index is 1210. The van der Waals surface area contributed by atoms with Crippen LogP contribution in [0.1, 0.15) is 29.3 Å². The van der Waals surface area contributed by atoms with Crippen molar-refractivity contribution in [2.24, 2.45) is 0 Å². The minimum absolute atomic E-state index is 0.00875. The lowest BCUT2D eigenvalue weighted by atomic mass is 10.0. The molecule has 1 aliphatic heterocycles. The van der Waals surface area contributed by atoms with Gasteiger partial charge in [-0.15, -0.1) is 0 Å². The third kappa shape index (κ3) is 6.46. The Balaban J connectivity index is 0.000000429. The van der Waals surface area contributed by atoms with E-state index in [1.54, 1.807) is 30.3 Å². The number of carboxylic acid groups (broad SMARTS) is 1. The molecule has 4 rings (SSSR count). The second kappa shape index (κ2) is 10.3. The number of alkyl halides is 4. The van der Waals surface area contributed by atoms with Gasteiger partial charge in [-0.1, -0.05) is 36.4 Å². The lowest BCUT2D eigenvalue weighted by Crippen LogP contribution is -2.55. The molecule has 1 N–H and O–H groups in total. The number of carboxylic acids is 1. The fourth-order valence-corrected chi connectivity index (χ4v) is 3.42. The van der Waals surface area contributed by atoms with E-state index in [-0.39, 0.29) is 24.9 Å². The van der Waals surface area contributed by atoms with Gasteiger partial charge >= 0.3 is 11.9 Å². The van der Waals surface area contributed by atoms with Crippen LogP contribution in [-0.4, -0.2) is 57.9 Å². The molecule has 0 aliphatic carbocycles. The van der Waals surface area contributed by atoms with Crippen LogP contribution in [0.15, 0.2) is 60.7 Å². The molecule has 1 aliphatic rings. The minimum atomic E-state index is -3.58. The van der Waals surface area contributed by atoms with Gasteiger partial charge < -0.3 is 14.7 Å². The maximum Gasteiger partial charge on any atom is 0.374 e. The number of amides is 1. The summed E-state index contributed by atoms with van der Waals surface area (Å²) in [5.41, 5.74) is 2.01. The van der Waals surface area contributed by atoms with Gasteiger partial charge in [-0.3, -0.25) is 4.79 Å². The maximum atomic E-state index is 14.5. The van der Waals surface area contributed by atoms with E-state index >= 15 is 0 Å². The number of carbonyl (C=O) groups is 2. The number of fused-ring (bicyclic) bond motifs is 1. The highest BCUT2D eigenvalue weighted by atomic mass is 19.3. The van der Waals surface area contributed by atoms with Crippen molar-refractivity contribution in [3.63, 3.8) is 0 Å². The number of piperidine rings is 1. The molecule has 3 aromatic rings.